The molecule has 0 aliphatic rings. The summed E-state index contributed by atoms with van der Waals surface area (Å²) in [5.74, 6) is 0. The third kappa shape index (κ3) is 21.6. The summed E-state index contributed by atoms with van der Waals surface area (Å²) in [4.78, 5) is 13.9. The highest BCUT2D eigenvalue weighted by Crippen LogP contribution is 2.20. The topological polar surface area (TPSA) is 156 Å². The largest absolute Gasteiger partial charge is 0.399 e. The van der Waals surface area contributed by atoms with Crippen LogP contribution in [0.4, 0.5) is 39.8 Å². The lowest BCUT2D eigenvalue weighted by Crippen LogP contribution is -2.18. The van der Waals surface area contributed by atoms with Gasteiger partial charge in [-0.1, -0.05) is 140 Å². The van der Waals surface area contributed by atoms with Crippen molar-refractivity contribution < 1.29 is 4.92 Å². The summed E-state index contributed by atoms with van der Waals surface area (Å²) in [5, 5.41) is 24.8. The lowest BCUT2D eigenvalue weighted by atomic mass is 10.3. The summed E-state index contributed by atoms with van der Waals surface area (Å²) in [7, 11) is 0. The van der Waals surface area contributed by atoms with E-state index in [4.69, 9.17) is 35.9 Å². The van der Waals surface area contributed by atoms with E-state index >= 15 is 0 Å². The number of hydrogen-bond acceptors (Lipinski definition) is 8. The molecule has 13 heteroatoms. The lowest BCUT2D eigenvalue weighted by molar-refractivity contribution is -0.384. The van der Waals surface area contributed by atoms with E-state index in [1.807, 2.05) is 207 Å². The zero-order chi connectivity index (χ0) is 46.3. The third-order valence-electron chi connectivity index (χ3n) is 8.09. The smallest absolute Gasteiger partial charge is 0.269 e. The van der Waals surface area contributed by atoms with E-state index in [0.29, 0.717) is 10.2 Å². The van der Waals surface area contributed by atoms with Crippen LogP contribution in [-0.4, -0.2) is 20.1 Å². The van der Waals surface area contributed by atoms with Gasteiger partial charge in [-0.3, -0.25) is 10.1 Å². The molecule has 0 bridgehead atoms. The molecule has 0 unspecified atom stereocenters. The number of rotatable bonds is 5. The molecule has 0 spiro atoms. The zero-order valence-electron chi connectivity index (χ0n) is 35.6. The number of nitrogens with one attached hydrogen (secondary N) is 4. The summed E-state index contributed by atoms with van der Waals surface area (Å²) in [6.45, 7) is 2.03. The Kier molecular flexibility index (Phi) is 22.4. The molecule has 0 saturated heterocycles. The van der Waals surface area contributed by atoms with Crippen molar-refractivity contribution in [2.75, 3.05) is 32.7 Å². The van der Waals surface area contributed by atoms with Gasteiger partial charge in [-0.25, -0.2) is 4.98 Å². The molecule has 65 heavy (non-hydrogen) atoms. The number of anilines is 6. The number of non-ortho nitro benzene ring substituents is 1. The maximum Gasteiger partial charge on any atom is 0.269 e. The minimum absolute atomic E-state index is 0.137. The summed E-state index contributed by atoms with van der Waals surface area (Å²) >= 11 is 12.1. The van der Waals surface area contributed by atoms with E-state index in [0.717, 1.165) is 44.6 Å². The quantitative estimate of drug-likeness (QED) is 0.0423. The van der Waals surface area contributed by atoms with Crippen LogP contribution >= 0.6 is 35.8 Å². The Hall–Kier alpha value is -7.97. The summed E-state index contributed by atoms with van der Waals surface area (Å²) in [6, 6.07) is 74.5. The van der Waals surface area contributed by atoms with E-state index < -0.39 is 4.92 Å². The molecule has 328 valence electrons. The molecule has 0 radical (unpaired) electrons. The Morgan fingerprint density at radius 1 is 0.462 bits per heavy atom. The molecule has 1 aromatic heterocycles. The predicted molar refractivity (Wildman–Crippen MR) is 285 cm³/mol. The molecule has 0 aliphatic carbocycles. The van der Waals surface area contributed by atoms with Crippen molar-refractivity contribution >= 4 is 96.0 Å². The summed E-state index contributed by atoms with van der Waals surface area (Å²) < 4.78 is 1.28. The number of aromatic nitrogens is 1. The average molecular weight is 915 g/mol. The van der Waals surface area contributed by atoms with Crippen molar-refractivity contribution in [3.8, 4) is 0 Å². The number of nitrogens with two attached hydrogens (primary N) is 2. The van der Waals surface area contributed by atoms with Crippen LogP contribution in [0.5, 0.6) is 0 Å². The Labute approximate surface area is 395 Å². The van der Waals surface area contributed by atoms with Gasteiger partial charge >= 0.3 is 0 Å². The number of fused-ring (bicyclic) bond motifs is 1. The van der Waals surface area contributed by atoms with Crippen LogP contribution in [0.25, 0.3) is 10.2 Å². The van der Waals surface area contributed by atoms with Crippen molar-refractivity contribution in [3.63, 3.8) is 0 Å². The van der Waals surface area contributed by atoms with Crippen molar-refractivity contribution in [1.29, 1.82) is 0 Å². The Bertz CT molecular complexity index is 2440. The predicted octanol–water partition coefficient (Wildman–Crippen LogP) is 13.7. The minimum Gasteiger partial charge on any atom is -0.399 e. The highest BCUT2D eigenvalue weighted by molar-refractivity contribution is 7.81. The van der Waals surface area contributed by atoms with Crippen LogP contribution in [0.15, 0.2) is 237 Å². The first kappa shape index (κ1) is 49.7. The second-order valence-corrected chi connectivity index (χ2v) is 15.3. The van der Waals surface area contributed by atoms with Gasteiger partial charge in [0.1, 0.15) is 0 Å². The first-order valence-electron chi connectivity index (χ1n) is 20.1. The van der Waals surface area contributed by atoms with Crippen LogP contribution in [0.1, 0.15) is 5.01 Å². The molecule has 0 atom stereocenters. The van der Waals surface area contributed by atoms with E-state index in [9.17, 15) is 10.1 Å². The maximum atomic E-state index is 10.0. The number of nitro groups is 1. The molecule has 0 fully saturated rings. The number of nitro benzene ring substituents is 1. The number of nitrogens with zero attached hydrogens (tertiary/aromatic N) is 2. The molecule has 9 rings (SSSR count). The molecule has 8 aromatic carbocycles. The molecular formula is C52H50N8O2S3. The lowest BCUT2D eigenvalue weighted by Gasteiger charge is -2.09. The van der Waals surface area contributed by atoms with E-state index in [1.54, 1.807) is 29.5 Å². The van der Waals surface area contributed by atoms with Gasteiger partial charge in [-0.15, -0.1) is 11.3 Å². The monoisotopic (exact) mass is 914 g/mol. The van der Waals surface area contributed by atoms with Gasteiger partial charge in [-0.2, -0.15) is 0 Å². The minimum atomic E-state index is -0.417. The van der Waals surface area contributed by atoms with Crippen molar-refractivity contribution in [1.82, 2.24) is 4.98 Å². The van der Waals surface area contributed by atoms with Gasteiger partial charge in [0.2, 0.25) is 0 Å². The van der Waals surface area contributed by atoms with E-state index in [2.05, 4.69) is 32.3 Å². The number of thiocarbonyl (C=S) groups is 2. The molecule has 0 saturated carbocycles. The molecule has 0 aliphatic heterocycles. The molecular weight excluding hydrogens is 865 g/mol. The Morgan fingerprint density at radius 3 is 1.00 bits per heavy atom. The second-order valence-electron chi connectivity index (χ2n) is 13.2. The first-order valence-corrected chi connectivity index (χ1v) is 21.8. The zero-order valence-corrected chi connectivity index (χ0v) is 38.1. The molecule has 9 aromatic rings. The van der Waals surface area contributed by atoms with Gasteiger partial charge in [0, 0.05) is 46.3 Å². The van der Waals surface area contributed by atoms with Crippen molar-refractivity contribution in [2.45, 2.75) is 6.92 Å². The standard InChI is InChI=1S/2C13H12N2S.C8H7NS.C6H5NO2.2C6H7N/c2*16-13(14-11-7-3-1-4-8-11)15-12-9-5-2-6-10-12;1-6-9-7-4-2-3-5-8(7)10-6;8-7(9)6-4-2-1-3-5-6;2*7-6-4-2-1-3-5-6/h2*1-10H,(H2,14,15,16);2-5H,1H3;1-5H;2*1-5H,7H2. The summed E-state index contributed by atoms with van der Waals surface area (Å²) in [6.07, 6.45) is 0. The van der Waals surface area contributed by atoms with Gasteiger partial charge < -0.3 is 32.7 Å². The number of hydrogen-bond donors (Lipinski definition) is 6. The van der Waals surface area contributed by atoms with Gasteiger partial charge in [-0.05, 0) is 116 Å². The van der Waals surface area contributed by atoms with Crippen LogP contribution in [0, 0.1) is 17.0 Å². The number of para-hydroxylation sites is 8. The Morgan fingerprint density at radius 2 is 0.738 bits per heavy atom. The number of aryl methyl sites for hydroxylation is 1. The van der Waals surface area contributed by atoms with E-state index in [1.165, 1.54) is 16.8 Å². The van der Waals surface area contributed by atoms with Crippen LogP contribution < -0.4 is 32.7 Å². The van der Waals surface area contributed by atoms with Gasteiger partial charge in [0.05, 0.1) is 20.1 Å². The number of thiazole rings is 1. The number of nitrogen functional groups attached to an aromatic ring is 2. The maximum absolute atomic E-state index is 10.0. The van der Waals surface area contributed by atoms with Crippen molar-refractivity contribution in [3.05, 3.63) is 252 Å². The highest BCUT2D eigenvalue weighted by Gasteiger charge is 2.00. The average Bonchev–Trinajstić information content (AvgIpc) is 3.72. The molecule has 10 nitrogen and oxygen atoms in total. The SMILES string of the molecule is Cc1nc2ccccc2s1.Nc1ccccc1.Nc1ccccc1.O=[N+]([O-])c1ccccc1.S=C(Nc1ccccc1)Nc1ccccc1.S=C(Nc1ccccc1)Nc1ccccc1. The fourth-order valence-corrected chi connectivity index (χ4v) is 6.41. The van der Waals surface area contributed by atoms with Crippen molar-refractivity contribution in [2.24, 2.45) is 0 Å². The summed E-state index contributed by atoms with van der Waals surface area (Å²) in [5.41, 5.74) is 17.5. The first-order chi connectivity index (χ1) is 31.6. The molecule has 8 N–H and O–H groups in total. The fourth-order valence-electron chi connectivity index (χ4n) is 5.12. The number of benzene rings is 8. The van der Waals surface area contributed by atoms with E-state index in [-0.39, 0.29) is 5.69 Å². The Balaban J connectivity index is 0.000000176. The van der Waals surface area contributed by atoms with Gasteiger partial charge in [0.15, 0.2) is 10.2 Å². The highest BCUT2D eigenvalue weighted by atomic mass is 32.1. The fraction of sp³-hybridized carbons (Fsp3) is 0.0192. The van der Waals surface area contributed by atoms with Crippen LogP contribution in [0.2, 0.25) is 0 Å². The van der Waals surface area contributed by atoms with Crippen LogP contribution in [0.3, 0.4) is 0 Å². The second kappa shape index (κ2) is 29.4. The van der Waals surface area contributed by atoms with Gasteiger partial charge in [0.25, 0.3) is 5.69 Å². The normalized spacial score (nSPS) is 9.37. The molecule has 1 heterocycles. The van der Waals surface area contributed by atoms with Crippen LogP contribution in [-0.2, 0) is 0 Å². The molecule has 0 amide bonds. The third-order valence-corrected chi connectivity index (χ3v) is 9.45.